The maximum absolute atomic E-state index is 12.9. The average Bonchev–Trinajstić information content (AvgIpc) is 2.35. The van der Waals surface area contributed by atoms with E-state index in [-0.39, 0.29) is 17.8 Å². The molecule has 1 aliphatic heterocycles. The van der Waals surface area contributed by atoms with Crippen LogP contribution in [0.25, 0.3) is 0 Å². The minimum Gasteiger partial charge on any atom is -0.325 e. The zero-order chi connectivity index (χ0) is 12.6. The van der Waals surface area contributed by atoms with Crippen molar-refractivity contribution in [3.63, 3.8) is 0 Å². The second-order valence-electron chi connectivity index (χ2n) is 3.99. The first-order valence-electron chi connectivity index (χ1n) is 5.08. The highest BCUT2D eigenvalue weighted by atomic mass is 19.4. The lowest BCUT2D eigenvalue weighted by molar-refractivity contribution is -0.157. The summed E-state index contributed by atoms with van der Waals surface area (Å²) in [6, 6.07) is 2.79. The smallest absolute Gasteiger partial charge is 0.325 e. The van der Waals surface area contributed by atoms with Gasteiger partial charge in [0, 0.05) is 11.3 Å². The molecule has 1 atom stereocenters. The molecule has 0 fully saturated rings. The molecule has 3 nitrogen and oxygen atoms in total. The molecule has 0 spiro atoms. The molecule has 1 aliphatic rings. The Morgan fingerprint density at radius 2 is 2.06 bits per heavy atom. The van der Waals surface area contributed by atoms with E-state index in [0.29, 0.717) is 0 Å². The van der Waals surface area contributed by atoms with Gasteiger partial charge in [0.15, 0.2) is 0 Å². The molecule has 1 aromatic rings. The largest absolute Gasteiger partial charge is 0.407 e. The van der Waals surface area contributed by atoms with Crippen LogP contribution >= 0.6 is 0 Å². The number of hydrogen-bond donors (Lipinski definition) is 2. The summed E-state index contributed by atoms with van der Waals surface area (Å²) >= 11 is 0. The van der Waals surface area contributed by atoms with Crippen LogP contribution in [-0.2, 0) is 4.79 Å². The van der Waals surface area contributed by atoms with Crippen molar-refractivity contribution >= 4 is 11.6 Å². The summed E-state index contributed by atoms with van der Waals surface area (Å²) in [6.07, 6.45) is -4.42. The number of amides is 1. The zero-order valence-electron chi connectivity index (χ0n) is 9.06. The van der Waals surface area contributed by atoms with Crippen molar-refractivity contribution < 1.29 is 18.0 Å². The second-order valence-corrected chi connectivity index (χ2v) is 3.99. The summed E-state index contributed by atoms with van der Waals surface area (Å²) in [6.45, 7) is 1.36. The van der Waals surface area contributed by atoms with Crippen LogP contribution in [0.1, 0.15) is 17.2 Å². The molecule has 92 valence electrons. The van der Waals surface area contributed by atoms with Crippen LogP contribution in [0, 0.1) is 6.92 Å². The van der Waals surface area contributed by atoms with Crippen LogP contribution in [-0.4, -0.2) is 18.6 Å². The number of fused-ring (bicyclic) bond motifs is 1. The summed E-state index contributed by atoms with van der Waals surface area (Å²) in [7, 11) is 0. The third kappa shape index (κ3) is 2.41. The van der Waals surface area contributed by atoms with E-state index < -0.39 is 18.1 Å². The van der Waals surface area contributed by atoms with Gasteiger partial charge in [0.25, 0.3) is 0 Å². The molecule has 0 aromatic heterocycles. The number of hydrogen-bond acceptors (Lipinski definition) is 2. The summed E-state index contributed by atoms with van der Waals surface area (Å²) in [4.78, 5) is 11.3. The minimum atomic E-state index is -4.42. The van der Waals surface area contributed by atoms with Crippen molar-refractivity contribution in [2.45, 2.75) is 19.1 Å². The molecule has 2 rings (SSSR count). The monoisotopic (exact) mass is 244 g/mol. The van der Waals surface area contributed by atoms with Crippen molar-refractivity contribution in [3.05, 3.63) is 29.3 Å². The fourth-order valence-corrected chi connectivity index (χ4v) is 1.83. The number of carbonyl (C=O) groups excluding carboxylic acids is 1. The molecule has 0 saturated carbocycles. The van der Waals surface area contributed by atoms with Crippen molar-refractivity contribution in [1.82, 2.24) is 5.32 Å². The molecule has 2 N–H and O–H groups in total. The zero-order valence-corrected chi connectivity index (χ0v) is 9.06. The van der Waals surface area contributed by atoms with Crippen molar-refractivity contribution in [3.8, 4) is 0 Å². The number of aryl methyl sites for hydroxylation is 1. The normalized spacial score (nSPS) is 20.5. The molecule has 0 radical (unpaired) electrons. The van der Waals surface area contributed by atoms with Crippen molar-refractivity contribution in [1.29, 1.82) is 0 Å². The van der Waals surface area contributed by atoms with Crippen LogP contribution in [0.2, 0.25) is 0 Å². The third-order valence-electron chi connectivity index (χ3n) is 2.59. The van der Waals surface area contributed by atoms with Gasteiger partial charge in [-0.05, 0) is 13.0 Å². The second kappa shape index (κ2) is 4.03. The summed E-state index contributed by atoms with van der Waals surface area (Å²) < 4.78 is 38.6. The molecule has 1 amide bonds. The summed E-state index contributed by atoms with van der Waals surface area (Å²) in [5.74, 6) is -0.471. The first kappa shape index (κ1) is 11.9. The van der Waals surface area contributed by atoms with E-state index in [9.17, 15) is 18.0 Å². The van der Waals surface area contributed by atoms with E-state index in [1.165, 1.54) is 12.1 Å². The van der Waals surface area contributed by atoms with Gasteiger partial charge in [0.05, 0.1) is 6.54 Å². The van der Waals surface area contributed by atoms with Gasteiger partial charge in [-0.25, -0.2) is 0 Å². The van der Waals surface area contributed by atoms with Gasteiger partial charge in [0.1, 0.15) is 6.04 Å². The summed E-state index contributed by atoms with van der Waals surface area (Å²) in [5, 5.41) is 4.67. The molecule has 0 saturated heterocycles. The Balaban J connectivity index is 2.52. The molecule has 0 aliphatic carbocycles. The van der Waals surface area contributed by atoms with E-state index >= 15 is 0 Å². The van der Waals surface area contributed by atoms with Crippen molar-refractivity contribution in [2.24, 2.45) is 0 Å². The Labute approximate surface area is 96.0 Å². The predicted molar refractivity (Wildman–Crippen MR) is 56.6 cm³/mol. The number of carbonyl (C=O) groups is 1. The van der Waals surface area contributed by atoms with Crippen LogP contribution in [0.15, 0.2) is 18.2 Å². The first-order chi connectivity index (χ1) is 7.88. The minimum absolute atomic E-state index is 0.0587. The van der Waals surface area contributed by atoms with Gasteiger partial charge in [-0.15, -0.1) is 0 Å². The van der Waals surface area contributed by atoms with Crippen LogP contribution in [0.4, 0.5) is 18.9 Å². The number of halogens is 3. The molecule has 0 bridgehead atoms. The SMILES string of the molecule is Cc1ccc2c(c1)C(C(F)(F)F)NCC(=O)N2. The number of rotatable bonds is 0. The van der Waals surface area contributed by atoms with E-state index in [1.807, 2.05) is 0 Å². The highest BCUT2D eigenvalue weighted by molar-refractivity contribution is 5.94. The number of benzene rings is 1. The van der Waals surface area contributed by atoms with Crippen LogP contribution in [0.3, 0.4) is 0 Å². The fourth-order valence-electron chi connectivity index (χ4n) is 1.83. The maximum Gasteiger partial charge on any atom is 0.407 e. The van der Waals surface area contributed by atoms with Crippen molar-refractivity contribution in [2.75, 3.05) is 11.9 Å². The van der Waals surface area contributed by atoms with Gasteiger partial charge < -0.3 is 5.32 Å². The number of alkyl halides is 3. The summed E-state index contributed by atoms with van der Waals surface area (Å²) in [5.41, 5.74) is 0.993. The highest BCUT2D eigenvalue weighted by Crippen LogP contribution is 2.37. The van der Waals surface area contributed by atoms with Gasteiger partial charge >= 0.3 is 6.18 Å². The van der Waals surface area contributed by atoms with Gasteiger partial charge in [-0.2, -0.15) is 13.2 Å². The maximum atomic E-state index is 12.9. The standard InChI is InChI=1S/C11H11F3N2O/c1-6-2-3-8-7(4-6)10(11(12,13)14)15-5-9(17)16-8/h2-4,10,15H,5H2,1H3,(H,16,17). The van der Waals surface area contributed by atoms with E-state index in [4.69, 9.17) is 0 Å². The third-order valence-corrected chi connectivity index (χ3v) is 2.59. The van der Waals surface area contributed by atoms with E-state index in [2.05, 4.69) is 10.6 Å². The first-order valence-corrected chi connectivity index (χ1v) is 5.08. The van der Waals surface area contributed by atoms with Crippen LogP contribution < -0.4 is 10.6 Å². The van der Waals surface area contributed by atoms with Gasteiger partial charge in [-0.1, -0.05) is 17.7 Å². The molecule has 17 heavy (non-hydrogen) atoms. The fraction of sp³-hybridized carbons (Fsp3) is 0.364. The Morgan fingerprint density at radius 1 is 1.35 bits per heavy atom. The van der Waals surface area contributed by atoms with Gasteiger partial charge in [0.2, 0.25) is 5.91 Å². The molecular formula is C11H11F3N2O. The number of nitrogens with one attached hydrogen (secondary N) is 2. The highest BCUT2D eigenvalue weighted by Gasteiger charge is 2.43. The predicted octanol–water partition coefficient (Wildman–Crippen LogP) is 2.14. The van der Waals surface area contributed by atoms with E-state index in [1.54, 1.807) is 13.0 Å². The van der Waals surface area contributed by atoms with Crippen LogP contribution in [0.5, 0.6) is 0 Å². The topological polar surface area (TPSA) is 41.1 Å². The number of anilines is 1. The Kier molecular flexibility index (Phi) is 2.82. The Bertz CT molecular complexity index is 457. The lowest BCUT2D eigenvalue weighted by atomic mass is 10.0. The molecular weight excluding hydrogens is 233 g/mol. The van der Waals surface area contributed by atoms with E-state index in [0.717, 1.165) is 5.56 Å². The Morgan fingerprint density at radius 3 is 2.71 bits per heavy atom. The molecule has 1 aromatic carbocycles. The van der Waals surface area contributed by atoms with Gasteiger partial charge in [-0.3, -0.25) is 10.1 Å². The lowest BCUT2D eigenvalue weighted by Gasteiger charge is -2.21. The quantitative estimate of drug-likeness (QED) is 0.734. The molecule has 1 heterocycles. The Hall–Kier alpha value is -1.56. The lowest BCUT2D eigenvalue weighted by Crippen LogP contribution is -2.35. The average molecular weight is 244 g/mol. The molecule has 1 unspecified atom stereocenters. The molecule has 6 heteroatoms.